The zero-order valence-corrected chi connectivity index (χ0v) is 12.0. The van der Waals surface area contributed by atoms with E-state index in [1.165, 1.54) is 16.7 Å². The molecule has 0 saturated carbocycles. The molecule has 0 amide bonds. The first kappa shape index (κ1) is 12.4. The van der Waals surface area contributed by atoms with E-state index in [4.69, 9.17) is 4.42 Å². The standard InChI is InChI=1S/C15H17BrO/c1-4-12-6-8-14(17-12)15(16)13-7-5-10(2)9-11(13)3/h5-9,15H,4H2,1-3H3. The smallest absolute Gasteiger partial charge is 0.122 e. The van der Waals surface area contributed by atoms with Gasteiger partial charge in [-0.2, -0.15) is 0 Å². The normalized spacial score (nSPS) is 12.7. The molecule has 1 atom stereocenters. The summed E-state index contributed by atoms with van der Waals surface area (Å²) in [4.78, 5) is 0.142. The Bertz CT molecular complexity index is 513. The van der Waals surface area contributed by atoms with Crippen LogP contribution in [0.4, 0.5) is 0 Å². The van der Waals surface area contributed by atoms with E-state index < -0.39 is 0 Å². The van der Waals surface area contributed by atoms with Crippen molar-refractivity contribution in [2.75, 3.05) is 0 Å². The molecule has 1 unspecified atom stereocenters. The van der Waals surface area contributed by atoms with Crippen LogP contribution in [-0.4, -0.2) is 0 Å². The lowest BCUT2D eigenvalue weighted by atomic mass is 10.0. The van der Waals surface area contributed by atoms with Gasteiger partial charge in [0.25, 0.3) is 0 Å². The van der Waals surface area contributed by atoms with E-state index in [1.807, 2.05) is 6.07 Å². The van der Waals surface area contributed by atoms with Crippen LogP contribution in [0.5, 0.6) is 0 Å². The van der Waals surface area contributed by atoms with Crippen LogP contribution < -0.4 is 0 Å². The Balaban J connectivity index is 2.33. The average Bonchev–Trinajstić information content (AvgIpc) is 2.76. The molecule has 0 aliphatic carbocycles. The zero-order valence-electron chi connectivity index (χ0n) is 10.5. The quantitative estimate of drug-likeness (QED) is 0.730. The molecule has 1 nitrogen and oxygen atoms in total. The van der Waals surface area contributed by atoms with Gasteiger partial charge in [-0.05, 0) is 37.1 Å². The van der Waals surface area contributed by atoms with Crippen molar-refractivity contribution < 1.29 is 4.42 Å². The third-order valence-electron chi connectivity index (χ3n) is 2.98. The second-order valence-electron chi connectivity index (χ2n) is 4.38. The van der Waals surface area contributed by atoms with Gasteiger partial charge in [0, 0.05) is 6.42 Å². The zero-order chi connectivity index (χ0) is 12.4. The number of halogens is 1. The van der Waals surface area contributed by atoms with E-state index in [0.29, 0.717) is 0 Å². The third-order valence-corrected chi connectivity index (χ3v) is 3.92. The number of aryl methyl sites for hydroxylation is 3. The maximum absolute atomic E-state index is 5.79. The number of furan rings is 1. The minimum Gasteiger partial charge on any atom is -0.465 e. The Morgan fingerprint density at radius 1 is 1.18 bits per heavy atom. The largest absolute Gasteiger partial charge is 0.465 e. The highest BCUT2D eigenvalue weighted by molar-refractivity contribution is 9.09. The summed E-state index contributed by atoms with van der Waals surface area (Å²) >= 11 is 3.72. The Labute approximate surface area is 111 Å². The first-order valence-electron chi connectivity index (χ1n) is 5.91. The molecule has 0 saturated heterocycles. The van der Waals surface area contributed by atoms with Gasteiger partial charge < -0.3 is 4.42 Å². The highest BCUT2D eigenvalue weighted by Gasteiger charge is 2.16. The fourth-order valence-electron chi connectivity index (χ4n) is 1.98. The summed E-state index contributed by atoms with van der Waals surface area (Å²) in [5, 5.41) is 0. The molecule has 1 aromatic carbocycles. The Morgan fingerprint density at radius 3 is 2.53 bits per heavy atom. The van der Waals surface area contributed by atoms with Crippen molar-refractivity contribution >= 4 is 15.9 Å². The predicted octanol–water partition coefficient (Wildman–Crippen LogP) is 4.94. The maximum Gasteiger partial charge on any atom is 0.122 e. The fraction of sp³-hybridized carbons (Fsp3) is 0.333. The van der Waals surface area contributed by atoms with Crippen LogP contribution in [0.2, 0.25) is 0 Å². The van der Waals surface area contributed by atoms with Gasteiger partial charge in [-0.25, -0.2) is 0 Å². The van der Waals surface area contributed by atoms with Crippen LogP contribution >= 0.6 is 15.9 Å². The molecule has 2 heteroatoms. The number of alkyl halides is 1. The SMILES string of the molecule is CCc1ccc(C(Br)c2ccc(C)cc2C)o1. The van der Waals surface area contributed by atoms with Gasteiger partial charge in [0.1, 0.15) is 11.5 Å². The lowest BCUT2D eigenvalue weighted by Gasteiger charge is -2.11. The Morgan fingerprint density at radius 2 is 1.94 bits per heavy atom. The van der Waals surface area contributed by atoms with Gasteiger partial charge in [0.2, 0.25) is 0 Å². The fourth-order valence-corrected chi connectivity index (χ4v) is 2.74. The number of rotatable bonds is 3. The summed E-state index contributed by atoms with van der Waals surface area (Å²) in [7, 11) is 0. The minimum atomic E-state index is 0.142. The van der Waals surface area contributed by atoms with Crippen molar-refractivity contribution in [2.45, 2.75) is 32.0 Å². The Kier molecular flexibility index (Phi) is 3.72. The number of hydrogen-bond donors (Lipinski definition) is 0. The van der Waals surface area contributed by atoms with E-state index in [0.717, 1.165) is 17.9 Å². The van der Waals surface area contributed by atoms with Crippen molar-refractivity contribution in [2.24, 2.45) is 0 Å². The Hall–Kier alpha value is -1.02. The van der Waals surface area contributed by atoms with Crippen LogP contribution in [0.15, 0.2) is 34.7 Å². The molecule has 2 aromatic rings. The van der Waals surface area contributed by atoms with E-state index >= 15 is 0 Å². The van der Waals surface area contributed by atoms with Crippen LogP contribution in [0, 0.1) is 13.8 Å². The molecular formula is C15H17BrO. The van der Waals surface area contributed by atoms with Gasteiger partial charge in [0.15, 0.2) is 0 Å². The molecule has 1 heterocycles. The molecule has 0 N–H and O–H groups in total. The highest BCUT2D eigenvalue weighted by Crippen LogP contribution is 2.34. The summed E-state index contributed by atoms with van der Waals surface area (Å²) in [6.07, 6.45) is 0.937. The van der Waals surface area contributed by atoms with E-state index in [9.17, 15) is 0 Å². The van der Waals surface area contributed by atoms with Crippen molar-refractivity contribution in [3.63, 3.8) is 0 Å². The van der Waals surface area contributed by atoms with Crippen LogP contribution in [-0.2, 0) is 6.42 Å². The lowest BCUT2D eigenvalue weighted by Crippen LogP contribution is -1.94. The molecule has 90 valence electrons. The first-order valence-corrected chi connectivity index (χ1v) is 6.83. The molecule has 0 spiro atoms. The van der Waals surface area contributed by atoms with E-state index in [1.54, 1.807) is 0 Å². The maximum atomic E-state index is 5.79. The van der Waals surface area contributed by atoms with E-state index in [-0.39, 0.29) is 4.83 Å². The predicted molar refractivity (Wildman–Crippen MR) is 74.8 cm³/mol. The summed E-state index contributed by atoms with van der Waals surface area (Å²) in [5.74, 6) is 2.02. The minimum absolute atomic E-state index is 0.142. The highest BCUT2D eigenvalue weighted by atomic mass is 79.9. The van der Waals surface area contributed by atoms with Crippen molar-refractivity contribution in [1.82, 2.24) is 0 Å². The molecule has 17 heavy (non-hydrogen) atoms. The summed E-state index contributed by atoms with van der Waals surface area (Å²) in [6, 6.07) is 10.6. The van der Waals surface area contributed by atoms with Crippen LogP contribution in [0.25, 0.3) is 0 Å². The lowest BCUT2D eigenvalue weighted by molar-refractivity contribution is 0.477. The van der Waals surface area contributed by atoms with Crippen molar-refractivity contribution in [1.29, 1.82) is 0 Å². The first-order chi connectivity index (χ1) is 8.11. The molecule has 0 aliphatic rings. The van der Waals surface area contributed by atoms with Crippen LogP contribution in [0.1, 0.15) is 40.0 Å². The van der Waals surface area contributed by atoms with E-state index in [2.05, 4.69) is 61.0 Å². The van der Waals surface area contributed by atoms with Crippen molar-refractivity contribution in [3.05, 3.63) is 58.5 Å². The number of hydrogen-bond acceptors (Lipinski definition) is 1. The second kappa shape index (κ2) is 5.09. The van der Waals surface area contributed by atoms with Crippen LogP contribution in [0.3, 0.4) is 0 Å². The van der Waals surface area contributed by atoms with Gasteiger partial charge in [-0.15, -0.1) is 0 Å². The monoisotopic (exact) mass is 292 g/mol. The summed E-state index contributed by atoms with van der Waals surface area (Å²) in [5.41, 5.74) is 3.86. The molecule has 1 aromatic heterocycles. The molecule has 2 rings (SSSR count). The molecule has 0 fully saturated rings. The van der Waals surface area contributed by atoms with Gasteiger partial charge >= 0.3 is 0 Å². The number of benzene rings is 1. The summed E-state index contributed by atoms with van der Waals surface area (Å²) < 4.78 is 5.79. The molecule has 0 aliphatic heterocycles. The molecule has 0 bridgehead atoms. The topological polar surface area (TPSA) is 13.1 Å². The van der Waals surface area contributed by atoms with Crippen molar-refractivity contribution in [3.8, 4) is 0 Å². The second-order valence-corrected chi connectivity index (χ2v) is 5.30. The molecule has 0 radical (unpaired) electrons. The van der Waals surface area contributed by atoms with Gasteiger partial charge in [0.05, 0.1) is 4.83 Å². The third kappa shape index (κ3) is 2.63. The van der Waals surface area contributed by atoms with Gasteiger partial charge in [-0.1, -0.05) is 46.6 Å². The average molecular weight is 293 g/mol. The summed E-state index contributed by atoms with van der Waals surface area (Å²) in [6.45, 7) is 6.35. The van der Waals surface area contributed by atoms with Gasteiger partial charge in [-0.3, -0.25) is 0 Å². The molecular weight excluding hydrogens is 276 g/mol.